The zero-order valence-electron chi connectivity index (χ0n) is 16.5. The molecule has 0 saturated carbocycles. The van der Waals surface area contributed by atoms with Crippen LogP contribution in [0.1, 0.15) is 49.5 Å². The maximum absolute atomic E-state index is 12.0. The molecule has 0 N–H and O–H groups in total. The van der Waals surface area contributed by atoms with Crippen LogP contribution in [0, 0.1) is 5.92 Å². The molecule has 0 spiro atoms. The fourth-order valence-electron chi connectivity index (χ4n) is 2.61. The molecule has 0 fully saturated rings. The highest BCUT2D eigenvalue weighted by atomic mass is 16.7. The van der Waals surface area contributed by atoms with Crippen LogP contribution in [-0.2, 0) is 30.2 Å². The third-order valence-electron chi connectivity index (χ3n) is 3.87. The molecule has 0 heterocycles. The molecule has 1 aromatic rings. The molecule has 0 aliphatic rings. The first kappa shape index (κ1) is 22.1. The van der Waals surface area contributed by atoms with Gasteiger partial charge in [0.2, 0.25) is 0 Å². The average Bonchev–Trinajstić information content (AvgIpc) is 2.59. The van der Waals surface area contributed by atoms with Gasteiger partial charge in [0, 0.05) is 14.2 Å². The Balaban J connectivity index is 2.61. The largest absolute Gasteiger partial charge is 0.469 e. The molecule has 6 nitrogen and oxygen atoms in total. The van der Waals surface area contributed by atoms with Gasteiger partial charge in [-0.1, -0.05) is 12.1 Å². The second kappa shape index (κ2) is 10.3. The summed E-state index contributed by atoms with van der Waals surface area (Å²) in [7, 11) is 4.35. The molecule has 1 unspecified atom stereocenters. The van der Waals surface area contributed by atoms with Crippen LogP contribution < -0.4 is 0 Å². The van der Waals surface area contributed by atoms with Crippen LogP contribution in [0.4, 0.5) is 0 Å². The number of esters is 2. The van der Waals surface area contributed by atoms with Crippen LogP contribution in [0.15, 0.2) is 24.3 Å². The van der Waals surface area contributed by atoms with Crippen LogP contribution >= 0.6 is 0 Å². The van der Waals surface area contributed by atoms with Crippen molar-refractivity contribution in [1.82, 2.24) is 0 Å². The van der Waals surface area contributed by atoms with Gasteiger partial charge in [0.15, 0.2) is 6.29 Å². The highest BCUT2D eigenvalue weighted by Crippen LogP contribution is 2.19. The highest BCUT2D eigenvalue weighted by Gasteiger charge is 2.29. The normalized spacial score (nSPS) is 12.7. The molecule has 0 aromatic heterocycles. The van der Waals surface area contributed by atoms with Gasteiger partial charge < -0.3 is 18.9 Å². The SMILES string of the molecule is COC(=O)C(CCCc1ccc(C(=O)OC(C)(C)C)cc1)C(OC)OC. The first-order valence-electron chi connectivity index (χ1n) is 8.67. The van der Waals surface area contributed by atoms with E-state index in [4.69, 9.17) is 18.9 Å². The molecule has 0 saturated heterocycles. The number of hydrogen-bond donors (Lipinski definition) is 0. The molecule has 0 amide bonds. The molecule has 0 radical (unpaired) electrons. The fourth-order valence-corrected chi connectivity index (χ4v) is 2.61. The quantitative estimate of drug-likeness (QED) is 0.493. The molecule has 0 aliphatic heterocycles. The van der Waals surface area contributed by atoms with Crippen LogP contribution in [-0.4, -0.2) is 45.2 Å². The monoisotopic (exact) mass is 366 g/mol. The van der Waals surface area contributed by atoms with Crippen molar-refractivity contribution >= 4 is 11.9 Å². The van der Waals surface area contributed by atoms with Gasteiger partial charge in [0.1, 0.15) is 11.5 Å². The Labute approximate surface area is 155 Å². The van der Waals surface area contributed by atoms with E-state index in [-0.39, 0.29) is 11.9 Å². The Bertz CT molecular complexity index is 569. The number of carbonyl (C=O) groups excluding carboxylic acids is 2. The van der Waals surface area contributed by atoms with E-state index in [1.54, 1.807) is 12.1 Å². The summed E-state index contributed by atoms with van der Waals surface area (Å²) in [5.74, 6) is -1.16. The standard InChI is InChI=1S/C20H30O6/c1-20(2,3)26-17(21)15-12-10-14(11-13-15)8-7-9-16(18(22)23-4)19(24-5)25-6/h10-13,16,19H,7-9H2,1-6H3. The molecule has 1 aromatic carbocycles. The minimum absolute atomic E-state index is 0.335. The number of carbonyl (C=O) groups is 2. The zero-order chi connectivity index (χ0) is 19.7. The number of benzene rings is 1. The second-order valence-corrected chi connectivity index (χ2v) is 7.06. The Kier molecular flexibility index (Phi) is 8.75. The molecule has 6 heteroatoms. The third-order valence-corrected chi connectivity index (χ3v) is 3.87. The molecular weight excluding hydrogens is 336 g/mol. The summed E-state index contributed by atoms with van der Waals surface area (Å²) in [6.45, 7) is 5.51. The van der Waals surface area contributed by atoms with E-state index in [1.807, 2.05) is 32.9 Å². The fraction of sp³-hybridized carbons (Fsp3) is 0.600. The molecule has 1 rings (SSSR count). The number of aryl methyl sites for hydroxylation is 1. The lowest BCUT2D eigenvalue weighted by Crippen LogP contribution is -2.32. The second-order valence-electron chi connectivity index (χ2n) is 7.06. The summed E-state index contributed by atoms with van der Waals surface area (Å²) in [4.78, 5) is 23.9. The van der Waals surface area contributed by atoms with Crippen molar-refractivity contribution in [3.63, 3.8) is 0 Å². The number of methoxy groups -OCH3 is 3. The Morgan fingerprint density at radius 1 is 1.00 bits per heavy atom. The van der Waals surface area contributed by atoms with Crippen molar-refractivity contribution < 1.29 is 28.5 Å². The van der Waals surface area contributed by atoms with Gasteiger partial charge in [-0.15, -0.1) is 0 Å². The van der Waals surface area contributed by atoms with E-state index in [2.05, 4.69) is 0 Å². The summed E-state index contributed by atoms with van der Waals surface area (Å²) in [6, 6.07) is 7.32. The first-order valence-corrected chi connectivity index (χ1v) is 8.67. The van der Waals surface area contributed by atoms with Crippen LogP contribution in [0.5, 0.6) is 0 Å². The summed E-state index contributed by atoms with van der Waals surface area (Å²) in [5, 5.41) is 0. The van der Waals surface area contributed by atoms with E-state index in [0.29, 0.717) is 12.0 Å². The smallest absolute Gasteiger partial charge is 0.338 e. The van der Waals surface area contributed by atoms with E-state index >= 15 is 0 Å². The van der Waals surface area contributed by atoms with E-state index in [1.165, 1.54) is 21.3 Å². The van der Waals surface area contributed by atoms with Gasteiger partial charge in [-0.05, 0) is 57.7 Å². The van der Waals surface area contributed by atoms with Gasteiger partial charge in [-0.25, -0.2) is 4.79 Å². The number of rotatable bonds is 9. The maximum atomic E-state index is 12.0. The summed E-state index contributed by atoms with van der Waals surface area (Å²) < 4.78 is 20.6. The maximum Gasteiger partial charge on any atom is 0.338 e. The lowest BCUT2D eigenvalue weighted by Gasteiger charge is -2.22. The van der Waals surface area contributed by atoms with E-state index < -0.39 is 17.8 Å². The lowest BCUT2D eigenvalue weighted by molar-refractivity contribution is -0.175. The van der Waals surface area contributed by atoms with Gasteiger partial charge in [0.25, 0.3) is 0 Å². The summed E-state index contributed by atoms with van der Waals surface area (Å²) in [6.07, 6.45) is 1.47. The minimum Gasteiger partial charge on any atom is -0.469 e. The van der Waals surface area contributed by atoms with Crippen molar-refractivity contribution in [2.24, 2.45) is 5.92 Å². The predicted octanol–water partition coefficient (Wildman–Crippen LogP) is 3.37. The number of ether oxygens (including phenoxy) is 4. The summed E-state index contributed by atoms with van der Waals surface area (Å²) in [5.41, 5.74) is 1.08. The summed E-state index contributed by atoms with van der Waals surface area (Å²) >= 11 is 0. The Morgan fingerprint density at radius 2 is 1.58 bits per heavy atom. The van der Waals surface area contributed by atoms with Crippen LogP contribution in [0.2, 0.25) is 0 Å². The van der Waals surface area contributed by atoms with Crippen molar-refractivity contribution in [3.8, 4) is 0 Å². The Morgan fingerprint density at radius 3 is 2.04 bits per heavy atom. The van der Waals surface area contributed by atoms with Gasteiger partial charge >= 0.3 is 11.9 Å². The molecule has 0 aliphatic carbocycles. The molecule has 1 atom stereocenters. The lowest BCUT2D eigenvalue weighted by atomic mass is 9.98. The van der Waals surface area contributed by atoms with Gasteiger partial charge in [-0.3, -0.25) is 4.79 Å². The van der Waals surface area contributed by atoms with Crippen molar-refractivity contribution in [2.45, 2.75) is 51.9 Å². The minimum atomic E-state index is -0.628. The average molecular weight is 366 g/mol. The molecule has 26 heavy (non-hydrogen) atoms. The first-order chi connectivity index (χ1) is 12.2. The van der Waals surface area contributed by atoms with Gasteiger partial charge in [0.05, 0.1) is 12.7 Å². The molecular formula is C20H30O6. The van der Waals surface area contributed by atoms with Crippen LogP contribution in [0.25, 0.3) is 0 Å². The van der Waals surface area contributed by atoms with E-state index in [9.17, 15) is 9.59 Å². The molecule has 0 bridgehead atoms. The van der Waals surface area contributed by atoms with Crippen molar-refractivity contribution in [1.29, 1.82) is 0 Å². The van der Waals surface area contributed by atoms with E-state index in [0.717, 1.165) is 18.4 Å². The third kappa shape index (κ3) is 7.14. The zero-order valence-corrected chi connectivity index (χ0v) is 16.5. The Hall–Kier alpha value is -1.92. The highest BCUT2D eigenvalue weighted by molar-refractivity contribution is 5.89. The van der Waals surface area contributed by atoms with Gasteiger partial charge in [-0.2, -0.15) is 0 Å². The van der Waals surface area contributed by atoms with Crippen molar-refractivity contribution in [2.75, 3.05) is 21.3 Å². The van der Waals surface area contributed by atoms with Crippen molar-refractivity contribution in [3.05, 3.63) is 35.4 Å². The number of hydrogen-bond acceptors (Lipinski definition) is 6. The van der Waals surface area contributed by atoms with Crippen LogP contribution in [0.3, 0.4) is 0 Å². The topological polar surface area (TPSA) is 71.1 Å². The predicted molar refractivity (Wildman–Crippen MR) is 97.9 cm³/mol. The molecule has 146 valence electrons.